The molecule has 1 N–H and O–H groups in total. The van der Waals surface area contributed by atoms with E-state index in [9.17, 15) is 0 Å². The minimum atomic E-state index is 0.490. The lowest BCUT2D eigenvalue weighted by Gasteiger charge is -2.28. The minimum absolute atomic E-state index is 0.490. The van der Waals surface area contributed by atoms with Crippen LogP contribution in [0.3, 0.4) is 0 Å². The number of nitrogens with one attached hydrogen (secondary N) is 1. The second-order valence-corrected chi connectivity index (χ2v) is 5.97. The highest BCUT2D eigenvalue weighted by Gasteiger charge is 2.19. The Morgan fingerprint density at radius 2 is 2.07 bits per heavy atom. The van der Waals surface area contributed by atoms with E-state index in [0.717, 1.165) is 0 Å². The van der Waals surface area contributed by atoms with Gasteiger partial charge in [-0.2, -0.15) is 0 Å². The van der Waals surface area contributed by atoms with E-state index in [1.54, 1.807) is 11.8 Å². The summed E-state index contributed by atoms with van der Waals surface area (Å²) in [5.74, 6) is 1.27. The third-order valence-corrected chi connectivity index (χ3v) is 4.65. The van der Waals surface area contributed by atoms with E-state index < -0.39 is 0 Å². The molecule has 1 aromatic rings. The topological polar surface area (TPSA) is 12.0 Å². The van der Waals surface area contributed by atoms with Gasteiger partial charge in [-0.1, -0.05) is 12.1 Å². The molecule has 82 valence electrons. The van der Waals surface area contributed by atoms with Crippen molar-refractivity contribution in [2.75, 3.05) is 12.0 Å². The average Bonchev–Trinajstić information content (AvgIpc) is 2.29. The van der Waals surface area contributed by atoms with Gasteiger partial charge in [-0.25, -0.2) is 0 Å². The molecule has 0 saturated carbocycles. The van der Waals surface area contributed by atoms with E-state index in [-0.39, 0.29) is 0 Å². The first-order valence-corrected chi connectivity index (χ1v) is 7.58. The van der Waals surface area contributed by atoms with Crippen molar-refractivity contribution in [2.45, 2.75) is 29.7 Å². The van der Waals surface area contributed by atoms with Gasteiger partial charge in [0.05, 0.1) is 5.37 Å². The third kappa shape index (κ3) is 2.92. The van der Waals surface area contributed by atoms with Crippen LogP contribution in [0.25, 0.3) is 0 Å². The molecule has 0 aromatic heterocycles. The Bertz CT molecular complexity index is 310. The number of hydrogen-bond acceptors (Lipinski definition) is 3. The molecular formula is C12H17NS2. The zero-order valence-corrected chi connectivity index (χ0v) is 10.8. The Labute approximate surface area is 100 Å². The van der Waals surface area contributed by atoms with Gasteiger partial charge in [-0.3, -0.25) is 5.32 Å². The highest BCUT2D eigenvalue weighted by atomic mass is 32.2. The highest BCUT2D eigenvalue weighted by Crippen LogP contribution is 2.32. The summed E-state index contributed by atoms with van der Waals surface area (Å²) in [4.78, 5) is 1.34. The van der Waals surface area contributed by atoms with E-state index in [2.05, 4.69) is 42.8 Å². The van der Waals surface area contributed by atoms with Crippen molar-refractivity contribution in [1.29, 1.82) is 0 Å². The fraction of sp³-hybridized carbons (Fsp3) is 0.500. The number of hydrogen-bond donors (Lipinski definition) is 1. The maximum absolute atomic E-state index is 3.63. The van der Waals surface area contributed by atoms with Crippen molar-refractivity contribution in [2.24, 2.45) is 0 Å². The van der Waals surface area contributed by atoms with E-state index in [4.69, 9.17) is 0 Å². The minimum Gasteiger partial charge on any atom is -0.299 e. The molecule has 1 nitrogen and oxygen atoms in total. The van der Waals surface area contributed by atoms with Gasteiger partial charge < -0.3 is 0 Å². The van der Waals surface area contributed by atoms with Crippen LogP contribution in [0, 0.1) is 0 Å². The van der Waals surface area contributed by atoms with Crippen molar-refractivity contribution in [3.05, 3.63) is 29.8 Å². The van der Waals surface area contributed by atoms with Gasteiger partial charge in [-0.15, -0.1) is 23.5 Å². The average molecular weight is 239 g/mol. The largest absolute Gasteiger partial charge is 0.299 e. The van der Waals surface area contributed by atoms with Crippen LogP contribution >= 0.6 is 23.5 Å². The van der Waals surface area contributed by atoms with Crippen LogP contribution in [0.15, 0.2) is 29.2 Å². The molecule has 0 bridgehead atoms. The van der Waals surface area contributed by atoms with Crippen molar-refractivity contribution in [1.82, 2.24) is 5.32 Å². The van der Waals surface area contributed by atoms with Gasteiger partial charge in [0.2, 0.25) is 0 Å². The standard InChI is InChI=1S/C12H17NS2/c1-9-7-8-15-12(13-9)10-3-5-11(14-2)6-4-10/h3-6,9,12-13H,7-8H2,1-2H3. The second-order valence-electron chi connectivity index (χ2n) is 3.88. The maximum atomic E-state index is 3.63. The Kier molecular flexibility index (Phi) is 4.00. The monoisotopic (exact) mass is 239 g/mol. The number of benzene rings is 1. The predicted molar refractivity (Wildman–Crippen MR) is 70.6 cm³/mol. The van der Waals surface area contributed by atoms with Crippen LogP contribution in [0.2, 0.25) is 0 Å². The molecular weight excluding hydrogens is 222 g/mol. The summed E-state index contributed by atoms with van der Waals surface area (Å²) in [7, 11) is 0. The quantitative estimate of drug-likeness (QED) is 0.793. The van der Waals surface area contributed by atoms with Crippen LogP contribution in [0.4, 0.5) is 0 Å². The van der Waals surface area contributed by atoms with Crippen LogP contribution in [0.5, 0.6) is 0 Å². The van der Waals surface area contributed by atoms with Crippen molar-refractivity contribution < 1.29 is 0 Å². The Morgan fingerprint density at radius 1 is 1.33 bits per heavy atom. The lowest BCUT2D eigenvalue weighted by Crippen LogP contribution is -2.33. The summed E-state index contributed by atoms with van der Waals surface area (Å²) in [6.45, 7) is 2.27. The van der Waals surface area contributed by atoms with Crippen LogP contribution in [-0.2, 0) is 0 Å². The van der Waals surface area contributed by atoms with Crippen molar-refractivity contribution in [3.8, 4) is 0 Å². The Hall–Kier alpha value is -0.120. The molecule has 0 spiro atoms. The van der Waals surface area contributed by atoms with Gasteiger partial charge in [0.15, 0.2) is 0 Å². The normalized spacial score (nSPS) is 26.5. The molecule has 15 heavy (non-hydrogen) atoms. The zero-order chi connectivity index (χ0) is 10.7. The molecule has 1 fully saturated rings. The van der Waals surface area contributed by atoms with E-state index >= 15 is 0 Å². The molecule has 1 saturated heterocycles. The molecule has 1 aliphatic rings. The Balaban J connectivity index is 2.07. The summed E-state index contributed by atoms with van der Waals surface area (Å²) in [5.41, 5.74) is 1.41. The first-order valence-electron chi connectivity index (χ1n) is 5.31. The van der Waals surface area contributed by atoms with Crippen LogP contribution in [-0.4, -0.2) is 18.1 Å². The van der Waals surface area contributed by atoms with Gasteiger partial charge >= 0.3 is 0 Å². The summed E-state index contributed by atoms with van der Waals surface area (Å²) in [5, 5.41) is 4.12. The molecule has 2 rings (SSSR count). The summed E-state index contributed by atoms with van der Waals surface area (Å²) < 4.78 is 0. The molecule has 2 unspecified atom stereocenters. The number of rotatable bonds is 2. The molecule has 1 aromatic carbocycles. The predicted octanol–water partition coefficient (Wildman–Crippen LogP) is 3.52. The van der Waals surface area contributed by atoms with Crippen molar-refractivity contribution in [3.63, 3.8) is 0 Å². The first-order chi connectivity index (χ1) is 7.29. The van der Waals surface area contributed by atoms with Gasteiger partial charge in [0, 0.05) is 10.9 Å². The van der Waals surface area contributed by atoms with Crippen molar-refractivity contribution >= 4 is 23.5 Å². The lowest BCUT2D eigenvalue weighted by molar-refractivity contribution is 0.512. The fourth-order valence-corrected chi connectivity index (χ4v) is 3.54. The van der Waals surface area contributed by atoms with Crippen LogP contribution < -0.4 is 5.32 Å². The second kappa shape index (κ2) is 5.28. The summed E-state index contributed by atoms with van der Waals surface area (Å²) in [6, 6.07) is 9.56. The van der Waals surface area contributed by atoms with E-state index in [1.165, 1.54) is 22.6 Å². The fourth-order valence-electron chi connectivity index (χ4n) is 1.72. The van der Waals surface area contributed by atoms with Gasteiger partial charge in [0.25, 0.3) is 0 Å². The van der Waals surface area contributed by atoms with Gasteiger partial charge in [-0.05, 0) is 43.0 Å². The first kappa shape index (κ1) is 11.4. The summed E-state index contributed by atoms with van der Waals surface area (Å²) >= 11 is 3.81. The van der Waals surface area contributed by atoms with Crippen LogP contribution in [0.1, 0.15) is 24.3 Å². The molecule has 1 aliphatic heterocycles. The smallest absolute Gasteiger partial charge is 0.0791 e. The SMILES string of the molecule is CSc1ccc(C2NC(C)CCS2)cc1. The number of thioether (sulfide) groups is 2. The van der Waals surface area contributed by atoms with E-state index in [0.29, 0.717) is 11.4 Å². The molecule has 0 amide bonds. The summed E-state index contributed by atoms with van der Waals surface area (Å²) in [6.07, 6.45) is 3.40. The van der Waals surface area contributed by atoms with Gasteiger partial charge in [0.1, 0.15) is 0 Å². The Morgan fingerprint density at radius 3 is 2.67 bits per heavy atom. The van der Waals surface area contributed by atoms with E-state index in [1.807, 2.05) is 11.8 Å². The molecule has 3 heteroatoms. The molecule has 1 heterocycles. The maximum Gasteiger partial charge on any atom is 0.0791 e. The highest BCUT2D eigenvalue weighted by molar-refractivity contribution is 7.99. The zero-order valence-electron chi connectivity index (χ0n) is 9.19. The molecule has 0 aliphatic carbocycles. The molecule has 0 radical (unpaired) electrons. The molecule has 2 atom stereocenters. The lowest BCUT2D eigenvalue weighted by atomic mass is 10.2. The third-order valence-electron chi connectivity index (χ3n) is 2.69.